The highest BCUT2D eigenvalue weighted by molar-refractivity contribution is 5.98. The van der Waals surface area contributed by atoms with Crippen molar-refractivity contribution in [2.45, 2.75) is 31.5 Å². The molecule has 2 aliphatic heterocycles. The third-order valence-corrected chi connectivity index (χ3v) is 5.74. The number of nitrogens with zero attached hydrogens (tertiary/aromatic N) is 6. The lowest BCUT2D eigenvalue weighted by atomic mass is 10.1. The predicted octanol–water partition coefficient (Wildman–Crippen LogP) is 2.76. The zero-order valence-corrected chi connectivity index (χ0v) is 16.5. The number of hydrogen-bond donors (Lipinski definition) is 0. The number of ether oxygens (including phenoxy) is 1. The molecule has 2 unspecified atom stereocenters. The van der Waals surface area contributed by atoms with Crippen LogP contribution in [-0.4, -0.2) is 62.6 Å². The molecule has 2 aliphatic rings. The fourth-order valence-electron chi connectivity index (χ4n) is 4.50. The summed E-state index contributed by atoms with van der Waals surface area (Å²) in [6.45, 7) is -1.83. The monoisotopic (exact) mass is 426 g/mol. The normalized spacial score (nSPS) is 20.4. The smallest absolute Gasteiger partial charge is 0.387 e. The molecule has 0 radical (unpaired) electrons. The third-order valence-electron chi connectivity index (χ3n) is 5.74. The molecule has 2 saturated heterocycles. The summed E-state index contributed by atoms with van der Waals surface area (Å²) >= 11 is 0. The molecule has 31 heavy (non-hydrogen) atoms. The highest BCUT2D eigenvalue weighted by Crippen LogP contribution is 2.36. The number of benzene rings is 1. The van der Waals surface area contributed by atoms with Crippen molar-refractivity contribution in [3.8, 4) is 11.4 Å². The Bertz CT molecular complexity index is 1060. The Morgan fingerprint density at radius 2 is 1.74 bits per heavy atom. The first kappa shape index (κ1) is 19.4. The summed E-state index contributed by atoms with van der Waals surface area (Å²) in [6.07, 6.45) is 6.41. The van der Waals surface area contributed by atoms with Gasteiger partial charge in [0.2, 0.25) is 0 Å². The Labute approximate surface area is 177 Å². The van der Waals surface area contributed by atoms with Crippen LogP contribution in [0, 0.1) is 0 Å². The summed E-state index contributed by atoms with van der Waals surface area (Å²) in [7, 11) is 0. The van der Waals surface area contributed by atoms with Gasteiger partial charge in [-0.15, -0.1) is 0 Å². The Morgan fingerprint density at radius 1 is 1.03 bits per heavy atom. The minimum absolute atomic E-state index is 0.0620. The van der Waals surface area contributed by atoms with Gasteiger partial charge >= 0.3 is 6.61 Å². The van der Waals surface area contributed by atoms with E-state index in [1.165, 1.54) is 23.1 Å². The molecule has 0 spiro atoms. The van der Waals surface area contributed by atoms with Crippen LogP contribution < -0.4 is 9.64 Å². The van der Waals surface area contributed by atoms with Gasteiger partial charge in [-0.3, -0.25) is 4.79 Å². The van der Waals surface area contributed by atoms with Crippen LogP contribution in [0.2, 0.25) is 0 Å². The van der Waals surface area contributed by atoms with E-state index in [4.69, 9.17) is 0 Å². The van der Waals surface area contributed by atoms with Crippen molar-refractivity contribution in [2.24, 2.45) is 0 Å². The van der Waals surface area contributed by atoms with Crippen molar-refractivity contribution in [1.29, 1.82) is 0 Å². The second kappa shape index (κ2) is 7.93. The molecule has 1 aromatic carbocycles. The number of amides is 1. The Hall–Kier alpha value is -3.56. The van der Waals surface area contributed by atoms with Crippen molar-refractivity contribution in [2.75, 3.05) is 18.0 Å². The second-order valence-corrected chi connectivity index (χ2v) is 7.57. The number of aromatic nitrogens is 4. The average molecular weight is 426 g/mol. The van der Waals surface area contributed by atoms with Crippen LogP contribution >= 0.6 is 0 Å². The van der Waals surface area contributed by atoms with Crippen molar-refractivity contribution in [3.63, 3.8) is 0 Å². The SMILES string of the molecule is O=C(c1ccccc1-n1nccn1)N1CC2CCC(C1)N2c1cc(OC(F)F)ccn1. The van der Waals surface area contributed by atoms with Gasteiger partial charge in [0.05, 0.1) is 23.6 Å². The first-order chi connectivity index (χ1) is 15.1. The standard InChI is InChI=1S/C21H20F2N6O2/c22-21(23)31-16-7-8-24-19(11-16)28-14-5-6-15(28)13-27(12-14)20(30)17-3-1-2-4-18(17)29-25-9-10-26-29/h1-4,7-11,14-15,21H,5-6,12-13H2. The number of hydrogen-bond acceptors (Lipinski definition) is 6. The van der Waals surface area contributed by atoms with Crippen LogP contribution in [0.4, 0.5) is 14.6 Å². The maximum absolute atomic E-state index is 13.4. The zero-order chi connectivity index (χ0) is 21.4. The number of carbonyl (C=O) groups excluding carboxylic acids is 1. The lowest BCUT2D eigenvalue weighted by molar-refractivity contribution is -0.0498. The summed E-state index contributed by atoms with van der Waals surface area (Å²) < 4.78 is 29.7. The third kappa shape index (κ3) is 3.69. The fourth-order valence-corrected chi connectivity index (χ4v) is 4.50. The molecular weight excluding hydrogens is 406 g/mol. The number of likely N-dealkylation sites (tertiary alicyclic amines) is 1. The van der Waals surface area contributed by atoms with E-state index in [9.17, 15) is 13.6 Å². The molecule has 3 aromatic rings. The molecule has 10 heteroatoms. The van der Waals surface area contributed by atoms with Crippen molar-refractivity contribution < 1.29 is 18.3 Å². The Kier molecular flexibility index (Phi) is 4.97. The molecule has 4 heterocycles. The quantitative estimate of drug-likeness (QED) is 0.625. The molecule has 0 N–H and O–H groups in total. The highest BCUT2D eigenvalue weighted by atomic mass is 19.3. The molecular formula is C21H20F2N6O2. The maximum atomic E-state index is 13.4. The first-order valence-corrected chi connectivity index (χ1v) is 10.0. The highest BCUT2D eigenvalue weighted by Gasteiger charge is 2.42. The lowest BCUT2D eigenvalue weighted by Gasteiger charge is -2.42. The van der Waals surface area contributed by atoms with E-state index >= 15 is 0 Å². The zero-order valence-electron chi connectivity index (χ0n) is 16.5. The number of piperazine rings is 1. The first-order valence-electron chi connectivity index (χ1n) is 10.0. The molecule has 2 atom stereocenters. The number of halogens is 2. The van der Waals surface area contributed by atoms with E-state index < -0.39 is 6.61 Å². The van der Waals surface area contributed by atoms with E-state index in [1.807, 2.05) is 23.1 Å². The molecule has 2 bridgehead atoms. The molecule has 5 rings (SSSR count). The van der Waals surface area contributed by atoms with Gasteiger partial charge in [0.15, 0.2) is 0 Å². The summed E-state index contributed by atoms with van der Waals surface area (Å²) in [4.78, 5) is 23.2. The Morgan fingerprint density at radius 3 is 2.45 bits per heavy atom. The summed E-state index contributed by atoms with van der Waals surface area (Å²) in [5.41, 5.74) is 1.17. The van der Waals surface area contributed by atoms with Crippen molar-refractivity contribution in [1.82, 2.24) is 24.9 Å². The number of pyridine rings is 1. The molecule has 2 aromatic heterocycles. The lowest BCUT2D eigenvalue weighted by Crippen LogP contribution is -2.55. The van der Waals surface area contributed by atoms with Gasteiger partial charge in [-0.1, -0.05) is 12.1 Å². The van der Waals surface area contributed by atoms with E-state index in [0.717, 1.165) is 12.8 Å². The van der Waals surface area contributed by atoms with Gasteiger partial charge in [-0.2, -0.15) is 23.8 Å². The van der Waals surface area contributed by atoms with Gasteiger partial charge in [-0.25, -0.2) is 4.98 Å². The summed E-state index contributed by atoms with van der Waals surface area (Å²) in [6, 6.07) is 10.3. The van der Waals surface area contributed by atoms with Crippen LogP contribution in [0.25, 0.3) is 5.69 Å². The minimum Gasteiger partial charge on any atom is -0.435 e. The van der Waals surface area contributed by atoms with Crippen LogP contribution in [0.1, 0.15) is 23.2 Å². The van der Waals surface area contributed by atoms with Gasteiger partial charge in [0.1, 0.15) is 11.6 Å². The fraction of sp³-hybridized carbons (Fsp3) is 0.333. The number of rotatable bonds is 5. The number of anilines is 1. The number of alkyl halides is 2. The van der Waals surface area contributed by atoms with E-state index in [1.54, 1.807) is 18.5 Å². The van der Waals surface area contributed by atoms with Crippen molar-refractivity contribution in [3.05, 3.63) is 60.6 Å². The second-order valence-electron chi connectivity index (χ2n) is 7.57. The molecule has 0 aliphatic carbocycles. The largest absolute Gasteiger partial charge is 0.435 e. The molecule has 2 fully saturated rings. The van der Waals surface area contributed by atoms with Crippen LogP contribution in [0.3, 0.4) is 0 Å². The van der Waals surface area contributed by atoms with E-state index in [0.29, 0.717) is 30.2 Å². The van der Waals surface area contributed by atoms with Gasteiger partial charge in [-0.05, 0) is 31.0 Å². The van der Waals surface area contributed by atoms with Crippen LogP contribution in [0.15, 0.2) is 55.0 Å². The predicted molar refractivity (Wildman–Crippen MR) is 107 cm³/mol. The summed E-state index contributed by atoms with van der Waals surface area (Å²) in [5, 5.41) is 8.30. The number of fused-ring (bicyclic) bond motifs is 2. The minimum atomic E-state index is -2.88. The number of carbonyl (C=O) groups is 1. The average Bonchev–Trinajstić information content (AvgIpc) is 3.39. The number of para-hydroxylation sites is 1. The molecule has 8 nitrogen and oxygen atoms in total. The van der Waals surface area contributed by atoms with Gasteiger partial charge in [0, 0.05) is 37.4 Å². The van der Waals surface area contributed by atoms with Crippen LogP contribution in [0.5, 0.6) is 5.75 Å². The summed E-state index contributed by atoms with van der Waals surface area (Å²) in [5.74, 6) is 0.602. The van der Waals surface area contributed by atoms with Gasteiger partial charge < -0.3 is 14.5 Å². The van der Waals surface area contributed by atoms with E-state index in [-0.39, 0.29) is 23.7 Å². The Balaban J connectivity index is 1.37. The molecule has 160 valence electrons. The maximum Gasteiger partial charge on any atom is 0.387 e. The molecule has 1 amide bonds. The van der Waals surface area contributed by atoms with Crippen LogP contribution in [-0.2, 0) is 0 Å². The van der Waals surface area contributed by atoms with Gasteiger partial charge in [0.25, 0.3) is 5.91 Å². The molecule has 0 saturated carbocycles. The topological polar surface area (TPSA) is 76.4 Å². The van der Waals surface area contributed by atoms with E-state index in [2.05, 4.69) is 24.8 Å². The van der Waals surface area contributed by atoms with Crippen molar-refractivity contribution >= 4 is 11.7 Å².